The van der Waals surface area contributed by atoms with Crippen LogP contribution in [0.15, 0.2) is 24.3 Å². The summed E-state index contributed by atoms with van der Waals surface area (Å²) < 4.78 is 21.7. The fourth-order valence-electron chi connectivity index (χ4n) is 2.53. The van der Waals surface area contributed by atoms with E-state index in [0.29, 0.717) is 40.7 Å². The summed E-state index contributed by atoms with van der Waals surface area (Å²) in [7, 11) is 4.60. The maximum atomic E-state index is 10.4. The van der Waals surface area contributed by atoms with Gasteiger partial charge in [0.2, 0.25) is 5.75 Å². The average Bonchev–Trinajstić information content (AvgIpc) is 2.52. The minimum absolute atomic E-state index is 0.0420. The largest absolute Gasteiger partial charge is 0.504 e. The maximum absolute atomic E-state index is 10.4. The summed E-state index contributed by atoms with van der Waals surface area (Å²) in [6, 6.07) is 7.38. The van der Waals surface area contributed by atoms with E-state index in [1.54, 1.807) is 13.2 Å². The number of ether oxygens (including phenoxy) is 4. The number of hydrogen-bond donors (Lipinski definition) is 1. The van der Waals surface area contributed by atoms with Gasteiger partial charge in [-0.25, -0.2) is 0 Å². The van der Waals surface area contributed by atoms with Crippen LogP contribution in [-0.4, -0.2) is 26.4 Å². The van der Waals surface area contributed by atoms with Crippen molar-refractivity contribution in [2.45, 2.75) is 6.42 Å². The molecule has 21 heavy (non-hydrogen) atoms. The zero-order valence-electron chi connectivity index (χ0n) is 12.1. The van der Waals surface area contributed by atoms with Gasteiger partial charge in [-0.05, 0) is 6.07 Å². The van der Waals surface area contributed by atoms with E-state index in [9.17, 15) is 5.11 Å². The van der Waals surface area contributed by atoms with Gasteiger partial charge in [0, 0.05) is 23.6 Å². The van der Waals surface area contributed by atoms with Gasteiger partial charge in [-0.2, -0.15) is 0 Å². The van der Waals surface area contributed by atoms with Crippen LogP contribution in [0.5, 0.6) is 34.5 Å². The number of phenolic OH excluding ortho intramolecular Hbond substituents is 1. The van der Waals surface area contributed by atoms with Crippen molar-refractivity contribution >= 4 is 0 Å². The summed E-state index contributed by atoms with van der Waals surface area (Å²) >= 11 is 0. The van der Waals surface area contributed by atoms with Crippen LogP contribution < -0.4 is 18.9 Å². The highest BCUT2D eigenvalue weighted by atomic mass is 16.5. The van der Waals surface area contributed by atoms with E-state index in [4.69, 9.17) is 18.9 Å². The number of benzene rings is 2. The van der Waals surface area contributed by atoms with Crippen LogP contribution in [0.25, 0.3) is 0 Å². The topological polar surface area (TPSA) is 57.2 Å². The van der Waals surface area contributed by atoms with Crippen molar-refractivity contribution in [3.8, 4) is 34.5 Å². The van der Waals surface area contributed by atoms with Gasteiger partial charge in [0.15, 0.2) is 23.0 Å². The first-order valence-corrected chi connectivity index (χ1v) is 6.50. The van der Waals surface area contributed by atoms with E-state index < -0.39 is 0 Å². The highest BCUT2D eigenvalue weighted by Crippen LogP contribution is 2.51. The molecular weight excluding hydrogens is 272 g/mol. The second-order valence-electron chi connectivity index (χ2n) is 4.66. The molecule has 1 N–H and O–H groups in total. The minimum atomic E-state index is 0.0420. The summed E-state index contributed by atoms with van der Waals surface area (Å²) in [5, 5.41) is 10.4. The molecule has 5 nitrogen and oxygen atoms in total. The van der Waals surface area contributed by atoms with E-state index >= 15 is 0 Å². The predicted octanol–water partition coefficient (Wildman–Crippen LogP) is 3.11. The standard InChI is InChI=1S/C16H16O5/c1-18-11-6-4-5-9-7-10-12(21-15(9)11)8-13(19-2)16(20-3)14(10)17/h4-6,8,17H,7H2,1-3H3. The quantitative estimate of drug-likeness (QED) is 0.802. The second-order valence-corrected chi connectivity index (χ2v) is 4.66. The molecule has 0 aromatic heterocycles. The Bertz CT molecular complexity index is 694. The normalized spacial score (nSPS) is 12.0. The summed E-state index contributed by atoms with van der Waals surface area (Å²) in [4.78, 5) is 0. The molecule has 0 saturated heterocycles. The molecule has 2 aromatic carbocycles. The van der Waals surface area contributed by atoms with Crippen LogP contribution >= 0.6 is 0 Å². The molecule has 2 aromatic rings. The Morgan fingerprint density at radius 3 is 2.48 bits per heavy atom. The monoisotopic (exact) mass is 288 g/mol. The summed E-state index contributed by atoms with van der Waals surface area (Å²) in [5.74, 6) is 2.65. The molecule has 0 amide bonds. The first kappa shape index (κ1) is 13.4. The Hall–Kier alpha value is -2.56. The third-order valence-electron chi connectivity index (χ3n) is 3.57. The molecular formula is C16H16O5. The molecule has 0 radical (unpaired) electrons. The molecule has 0 unspecified atom stereocenters. The molecule has 110 valence electrons. The van der Waals surface area contributed by atoms with Gasteiger partial charge in [-0.1, -0.05) is 12.1 Å². The Balaban J connectivity index is 2.15. The number of fused-ring (bicyclic) bond motifs is 2. The fraction of sp³-hybridized carbons (Fsp3) is 0.250. The van der Waals surface area contributed by atoms with Crippen LogP contribution in [-0.2, 0) is 6.42 Å². The van der Waals surface area contributed by atoms with Gasteiger partial charge < -0.3 is 24.1 Å². The van der Waals surface area contributed by atoms with Gasteiger partial charge in [-0.15, -0.1) is 0 Å². The van der Waals surface area contributed by atoms with Crippen molar-refractivity contribution in [1.29, 1.82) is 0 Å². The van der Waals surface area contributed by atoms with Crippen molar-refractivity contribution < 1.29 is 24.1 Å². The van der Waals surface area contributed by atoms with Crippen LogP contribution in [0.1, 0.15) is 11.1 Å². The van der Waals surface area contributed by atoms with Gasteiger partial charge in [0.25, 0.3) is 0 Å². The molecule has 1 aliphatic heterocycles. The molecule has 0 fully saturated rings. The van der Waals surface area contributed by atoms with E-state index in [0.717, 1.165) is 5.56 Å². The Morgan fingerprint density at radius 2 is 1.81 bits per heavy atom. The van der Waals surface area contributed by atoms with Crippen molar-refractivity contribution in [3.63, 3.8) is 0 Å². The Kier molecular flexibility index (Phi) is 3.25. The summed E-state index contributed by atoms with van der Waals surface area (Å²) in [6.07, 6.45) is 0.536. The van der Waals surface area contributed by atoms with Crippen molar-refractivity contribution in [2.75, 3.05) is 21.3 Å². The highest BCUT2D eigenvalue weighted by Gasteiger charge is 2.27. The Morgan fingerprint density at radius 1 is 1.05 bits per heavy atom. The second kappa shape index (κ2) is 5.09. The average molecular weight is 288 g/mol. The molecule has 0 atom stereocenters. The zero-order chi connectivity index (χ0) is 15.0. The molecule has 0 bridgehead atoms. The van der Waals surface area contributed by atoms with E-state index in [2.05, 4.69) is 0 Å². The first-order valence-electron chi connectivity index (χ1n) is 6.50. The fourth-order valence-corrected chi connectivity index (χ4v) is 2.53. The highest BCUT2D eigenvalue weighted by molar-refractivity contribution is 5.66. The van der Waals surface area contributed by atoms with Crippen LogP contribution in [0.4, 0.5) is 0 Å². The van der Waals surface area contributed by atoms with E-state index in [1.807, 2.05) is 18.2 Å². The number of para-hydroxylation sites is 1. The summed E-state index contributed by atoms with van der Waals surface area (Å²) in [5.41, 5.74) is 1.62. The van der Waals surface area contributed by atoms with Gasteiger partial charge in [0.1, 0.15) is 5.75 Å². The number of methoxy groups -OCH3 is 3. The predicted molar refractivity (Wildman–Crippen MR) is 77.1 cm³/mol. The van der Waals surface area contributed by atoms with Crippen molar-refractivity contribution in [2.24, 2.45) is 0 Å². The lowest BCUT2D eigenvalue weighted by atomic mass is 9.98. The number of rotatable bonds is 3. The van der Waals surface area contributed by atoms with Crippen LogP contribution in [0.2, 0.25) is 0 Å². The lowest BCUT2D eigenvalue weighted by Crippen LogP contribution is -2.06. The molecule has 5 heteroatoms. The van der Waals surface area contributed by atoms with Crippen LogP contribution in [0, 0.1) is 0 Å². The number of aromatic hydroxyl groups is 1. The minimum Gasteiger partial charge on any atom is -0.504 e. The molecule has 3 rings (SSSR count). The van der Waals surface area contributed by atoms with Crippen LogP contribution in [0.3, 0.4) is 0 Å². The molecule has 0 saturated carbocycles. The summed E-state index contributed by atoms with van der Waals surface area (Å²) in [6.45, 7) is 0. The first-order chi connectivity index (χ1) is 10.2. The van der Waals surface area contributed by atoms with Crippen molar-refractivity contribution in [3.05, 3.63) is 35.4 Å². The number of hydrogen-bond acceptors (Lipinski definition) is 5. The van der Waals surface area contributed by atoms with Gasteiger partial charge in [-0.3, -0.25) is 0 Å². The van der Waals surface area contributed by atoms with Gasteiger partial charge >= 0.3 is 0 Å². The third-order valence-corrected chi connectivity index (χ3v) is 3.57. The van der Waals surface area contributed by atoms with E-state index in [1.165, 1.54) is 14.2 Å². The van der Waals surface area contributed by atoms with E-state index in [-0.39, 0.29) is 5.75 Å². The number of phenols is 1. The lowest BCUT2D eigenvalue weighted by molar-refractivity contribution is 0.323. The molecule has 0 spiro atoms. The maximum Gasteiger partial charge on any atom is 0.203 e. The SMILES string of the molecule is COc1cccc2c1Oc1cc(OC)c(OC)c(O)c1C2. The molecule has 1 heterocycles. The lowest BCUT2D eigenvalue weighted by Gasteiger charge is -2.24. The smallest absolute Gasteiger partial charge is 0.203 e. The molecule has 0 aliphatic carbocycles. The van der Waals surface area contributed by atoms with Crippen molar-refractivity contribution in [1.82, 2.24) is 0 Å². The zero-order valence-corrected chi connectivity index (χ0v) is 12.1. The molecule has 1 aliphatic rings. The third kappa shape index (κ3) is 2.01. The Labute approximate surface area is 122 Å². The van der Waals surface area contributed by atoms with Gasteiger partial charge in [0.05, 0.1) is 21.3 Å².